The summed E-state index contributed by atoms with van der Waals surface area (Å²) in [5.41, 5.74) is 2.26. The van der Waals surface area contributed by atoms with Crippen LogP contribution in [0.5, 0.6) is 0 Å². The first-order valence-electron chi connectivity index (χ1n) is 6.73. The van der Waals surface area contributed by atoms with Crippen LogP contribution in [0, 0.1) is 0 Å². The first kappa shape index (κ1) is 13.7. The Kier molecular flexibility index (Phi) is 4.20. The van der Waals surface area contributed by atoms with Gasteiger partial charge in [0.2, 0.25) is 0 Å². The Morgan fingerprint density at radius 2 is 2.10 bits per heavy atom. The number of hydrogen-bond donors (Lipinski definition) is 2. The Balaban J connectivity index is 1.59. The normalized spacial score (nSPS) is 10.7. The van der Waals surface area contributed by atoms with Gasteiger partial charge in [-0.3, -0.25) is 9.78 Å². The zero-order valence-electron chi connectivity index (χ0n) is 11.7. The topological polar surface area (TPSA) is 71.4 Å². The van der Waals surface area contributed by atoms with Crippen LogP contribution in [0.1, 0.15) is 12.6 Å². The number of aryl methyl sites for hydroxylation is 1. The number of nitrogens with one attached hydrogen (secondary N) is 2. The molecule has 2 heterocycles. The molecule has 1 aromatic carbocycles. The van der Waals surface area contributed by atoms with Crippen LogP contribution in [0.4, 0.5) is 5.69 Å². The molecule has 0 unspecified atom stereocenters. The van der Waals surface area contributed by atoms with E-state index >= 15 is 0 Å². The second-order valence-corrected chi connectivity index (χ2v) is 5.47. The lowest BCUT2D eigenvalue weighted by atomic mass is 10.3. The molecule has 0 aliphatic heterocycles. The van der Waals surface area contributed by atoms with Gasteiger partial charge in [-0.2, -0.15) is 10.2 Å². The van der Waals surface area contributed by atoms with Gasteiger partial charge in [0.15, 0.2) is 5.16 Å². The minimum absolute atomic E-state index is 0.766. The van der Waals surface area contributed by atoms with Crippen molar-refractivity contribution in [3.8, 4) is 0 Å². The van der Waals surface area contributed by atoms with Crippen molar-refractivity contribution in [2.45, 2.75) is 30.1 Å². The highest BCUT2D eigenvalue weighted by Gasteiger charge is 2.02. The summed E-state index contributed by atoms with van der Waals surface area (Å²) < 4.78 is 1.99. The lowest BCUT2D eigenvalue weighted by Crippen LogP contribution is -2.07. The van der Waals surface area contributed by atoms with Crippen molar-refractivity contribution in [1.29, 1.82) is 0 Å². The summed E-state index contributed by atoms with van der Waals surface area (Å²) in [5.74, 6) is 0. The highest BCUT2D eigenvalue weighted by atomic mass is 32.2. The minimum Gasteiger partial charge on any atom is -0.379 e. The molecule has 0 atom stereocenters. The Morgan fingerprint density at radius 3 is 2.81 bits per heavy atom. The Labute approximate surface area is 127 Å². The van der Waals surface area contributed by atoms with Gasteiger partial charge in [-0.25, -0.2) is 4.98 Å². The van der Waals surface area contributed by atoms with Gasteiger partial charge in [0.05, 0.1) is 12.2 Å². The molecule has 3 rings (SSSR count). The summed E-state index contributed by atoms with van der Waals surface area (Å²) in [5, 5.41) is 15.1. The van der Waals surface area contributed by atoms with Crippen molar-refractivity contribution < 1.29 is 0 Å². The molecule has 0 saturated heterocycles. The molecular weight excluding hydrogens is 284 g/mol. The van der Waals surface area contributed by atoms with Crippen molar-refractivity contribution in [2.75, 3.05) is 5.32 Å². The fourth-order valence-corrected chi connectivity index (χ4v) is 2.68. The third-order valence-corrected chi connectivity index (χ3v) is 3.94. The number of nitrogens with zero attached hydrogens (tertiary/aromatic N) is 4. The zero-order valence-corrected chi connectivity index (χ0v) is 12.5. The van der Waals surface area contributed by atoms with Crippen molar-refractivity contribution in [2.24, 2.45) is 0 Å². The average Bonchev–Trinajstić information content (AvgIpc) is 3.17. The maximum atomic E-state index is 4.26. The van der Waals surface area contributed by atoms with Gasteiger partial charge in [-0.15, -0.1) is 0 Å². The van der Waals surface area contributed by atoms with Crippen LogP contribution < -0.4 is 5.32 Å². The van der Waals surface area contributed by atoms with Crippen LogP contribution >= 0.6 is 11.8 Å². The summed E-state index contributed by atoms with van der Waals surface area (Å²) >= 11 is 1.55. The molecule has 0 saturated carbocycles. The van der Waals surface area contributed by atoms with Crippen molar-refractivity contribution in [3.63, 3.8) is 0 Å². The minimum atomic E-state index is 0.766. The first-order valence-corrected chi connectivity index (χ1v) is 7.54. The number of aromatic nitrogens is 5. The summed E-state index contributed by atoms with van der Waals surface area (Å²) in [7, 11) is 0. The summed E-state index contributed by atoms with van der Waals surface area (Å²) in [6, 6.07) is 10.3. The molecule has 0 fully saturated rings. The highest BCUT2D eigenvalue weighted by molar-refractivity contribution is 7.99. The van der Waals surface area contributed by atoms with Gasteiger partial charge >= 0.3 is 0 Å². The van der Waals surface area contributed by atoms with E-state index in [1.807, 2.05) is 16.9 Å². The summed E-state index contributed by atoms with van der Waals surface area (Å²) in [6.45, 7) is 3.74. The van der Waals surface area contributed by atoms with Crippen LogP contribution in [-0.2, 0) is 13.1 Å². The molecule has 0 bridgehead atoms. The van der Waals surface area contributed by atoms with E-state index in [-0.39, 0.29) is 0 Å². The molecule has 2 aromatic heterocycles. The average molecular weight is 300 g/mol. The van der Waals surface area contributed by atoms with Crippen molar-refractivity contribution in [1.82, 2.24) is 25.0 Å². The lowest BCUT2D eigenvalue weighted by Gasteiger charge is -2.08. The van der Waals surface area contributed by atoms with Gasteiger partial charge in [-0.1, -0.05) is 11.8 Å². The van der Waals surface area contributed by atoms with E-state index in [0.717, 1.165) is 28.8 Å². The van der Waals surface area contributed by atoms with Crippen LogP contribution in [-0.4, -0.2) is 25.0 Å². The van der Waals surface area contributed by atoms with Crippen molar-refractivity contribution >= 4 is 17.4 Å². The first-order chi connectivity index (χ1) is 10.3. The predicted molar refractivity (Wildman–Crippen MR) is 82.2 cm³/mol. The molecule has 3 aromatic rings. The quantitative estimate of drug-likeness (QED) is 0.732. The molecule has 2 N–H and O–H groups in total. The number of anilines is 1. The Hall–Kier alpha value is -2.28. The number of aromatic amines is 1. The third-order valence-electron chi connectivity index (χ3n) is 3.04. The molecular formula is C14H16N6S. The summed E-state index contributed by atoms with van der Waals surface area (Å²) in [6.07, 6.45) is 3.34. The van der Waals surface area contributed by atoms with Crippen LogP contribution in [0.2, 0.25) is 0 Å². The molecule has 6 nitrogen and oxygen atoms in total. The number of H-pyrrole nitrogens is 1. The standard InChI is InChI=1S/C14H16N6S/c1-2-20-12(7-8-18-20)9-15-11-3-5-13(6-4-11)21-14-16-10-17-19-14/h3-8,10,15H,2,9H2,1H3,(H,16,17,19). The highest BCUT2D eigenvalue weighted by Crippen LogP contribution is 2.25. The van der Waals surface area contributed by atoms with Crippen LogP contribution in [0.3, 0.4) is 0 Å². The van der Waals surface area contributed by atoms with E-state index in [9.17, 15) is 0 Å². The molecule has 0 amide bonds. The summed E-state index contributed by atoms with van der Waals surface area (Å²) in [4.78, 5) is 5.22. The third kappa shape index (κ3) is 3.43. The lowest BCUT2D eigenvalue weighted by molar-refractivity contribution is 0.627. The van der Waals surface area contributed by atoms with E-state index in [1.54, 1.807) is 11.8 Å². The number of hydrogen-bond acceptors (Lipinski definition) is 5. The largest absolute Gasteiger partial charge is 0.379 e. The molecule has 0 radical (unpaired) electrons. The monoisotopic (exact) mass is 300 g/mol. The van der Waals surface area contributed by atoms with Gasteiger partial charge in [0, 0.05) is 23.3 Å². The SMILES string of the molecule is CCn1nccc1CNc1ccc(Sc2ncn[nH]2)cc1. The predicted octanol–water partition coefficient (Wildman–Crippen LogP) is 2.78. The van der Waals surface area contributed by atoms with Gasteiger partial charge in [0.25, 0.3) is 0 Å². The zero-order chi connectivity index (χ0) is 14.5. The van der Waals surface area contributed by atoms with E-state index in [2.05, 4.69) is 56.8 Å². The molecule has 21 heavy (non-hydrogen) atoms. The van der Waals surface area contributed by atoms with Crippen molar-refractivity contribution in [3.05, 3.63) is 48.5 Å². The molecule has 108 valence electrons. The number of benzene rings is 1. The fraction of sp³-hybridized carbons (Fsp3) is 0.214. The van der Waals surface area contributed by atoms with Gasteiger partial charge in [-0.05, 0) is 37.3 Å². The Bertz CT molecular complexity index is 674. The van der Waals surface area contributed by atoms with Gasteiger partial charge < -0.3 is 5.32 Å². The molecule has 0 aliphatic carbocycles. The van der Waals surface area contributed by atoms with E-state index < -0.39 is 0 Å². The molecule has 7 heteroatoms. The van der Waals surface area contributed by atoms with Gasteiger partial charge in [0.1, 0.15) is 6.33 Å². The van der Waals surface area contributed by atoms with E-state index in [0.29, 0.717) is 0 Å². The second kappa shape index (κ2) is 6.45. The smallest absolute Gasteiger partial charge is 0.188 e. The van der Waals surface area contributed by atoms with Crippen LogP contribution in [0.15, 0.2) is 52.9 Å². The van der Waals surface area contributed by atoms with Crippen LogP contribution in [0.25, 0.3) is 0 Å². The second-order valence-electron chi connectivity index (χ2n) is 4.41. The number of rotatable bonds is 6. The van der Waals surface area contributed by atoms with E-state index in [1.165, 1.54) is 12.0 Å². The van der Waals surface area contributed by atoms with E-state index in [4.69, 9.17) is 0 Å². The maximum Gasteiger partial charge on any atom is 0.188 e. The molecule has 0 aliphatic rings. The maximum absolute atomic E-state index is 4.26. The fourth-order valence-electron chi connectivity index (χ4n) is 1.98. The molecule has 0 spiro atoms. The Morgan fingerprint density at radius 1 is 1.24 bits per heavy atom.